The number of rotatable bonds is 14. The van der Waals surface area contributed by atoms with Gasteiger partial charge in [0.2, 0.25) is 11.8 Å². The first-order valence-electron chi connectivity index (χ1n) is 25.7. The molecule has 8 aromatic rings. The van der Waals surface area contributed by atoms with Gasteiger partial charge in [0.05, 0.1) is 42.2 Å². The van der Waals surface area contributed by atoms with E-state index in [1.54, 1.807) is 70.9 Å². The van der Waals surface area contributed by atoms with Crippen molar-refractivity contribution >= 4 is 109 Å². The summed E-state index contributed by atoms with van der Waals surface area (Å²) < 4.78 is 5.45. The van der Waals surface area contributed by atoms with Crippen LogP contribution >= 0.6 is 68.0 Å². The molecule has 8 heterocycles. The molecule has 0 saturated heterocycles. The maximum Gasteiger partial charge on any atom is 0.271 e. The Morgan fingerprint density at radius 2 is 1.46 bits per heavy atom. The van der Waals surface area contributed by atoms with E-state index in [1.807, 2.05) is 13.8 Å². The molecule has 0 aliphatic carbocycles. The predicted molar refractivity (Wildman–Crippen MR) is 319 cm³/mol. The summed E-state index contributed by atoms with van der Waals surface area (Å²) in [5, 5.41) is 38.0. The molecule has 0 spiro atoms. The highest BCUT2D eigenvalue weighted by molar-refractivity contribution is 7.15. The van der Waals surface area contributed by atoms with E-state index in [1.165, 1.54) is 70.8 Å². The number of hydrogen-bond donors (Lipinski definition) is 9. The Labute approximate surface area is 499 Å². The van der Waals surface area contributed by atoms with Crippen LogP contribution in [0, 0.1) is 12.8 Å². The molecule has 4 atom stereocenters. The number of nitrogens with zero attached hydrogens (tertiary/aromatic N) is 8. The van der Waals surface area contributed by atoms with Gasteiger partial charge in [0, 0.05) is 59.2 Å². The van der Waals surface area contributed by atoms with Gasteiger partial charge in [0.1, 0.15) is 82.0 Å². The lowest BCUT2D eigenvalue weighted by atomic mass is 10.0. The average Bonchev–Trinajstić information content (AvgIpc) is 4.51. The number of pyridine rings is 1. The van der Waals surface area contributed by atoms with Crippen LogP contribution in [0.3, 0.4) is 0 Å². The van der Waals surface area contributed by atoms with Gasteiger partial charge >= 0.3 is 0 Å². The summed E-state index contributed by atoms with van der Waals surface area (Å²) in [4.78, 5) is 121. The van der Waals surface area contributed by atoms with Crippen molar-refractivity contribution in [2.75, 3.05) is 33.8 Å². The second-order valence-corrected chi connectivity index (χ2v) is 24.8. The van der Waals surface area contributed by atoms with Crippen molar-refractivity contribution in [3.63, 3.8) is 0 Å². The maximum absolute atomic E-state index is 14.3. The normalized spacial score (nSPS) is 16.3. The molecule has 7 aromatic heterocycles. The van der Waals surface area contributed by atoms with Crippen molar-refractivity contribution in [1.29, 1.82) is 0 Å². The largest absolute Gasteiger partial charge is 0.386 e. The Kier molecular flexibility index (Phi) is 19.5. The Hall–Kier alpha value is -7.84. The van der Waals surface area contributed by atoms with Crippen LogP contribution in [0.4, 0.5) is 0 Å². The Morgan fingerprint density at radius 1 is 0.735 bits per heavy atom. The first-order chi connectivity index (χ1) is 40.0. The highest BCUT2D eigenvalue weighted by Crippen LogP contribution is 2.40. The fourth-order valence-corrected chi connectivity index (χ4v) is 14.0. The summed E-state index contributed by atoms with van der Waals surface area (Å²) in [6.07, 6.45) is -0.174. The van der Waals surface area contributed by atoms with Crippen molar-refractivity contribution < 1.29 is 38.6 Å². The summed E-state index contributed by atoms with van der Waals surface area (Å²) in [6, 6.07) is 9.52. The van der Waals surface area contributed by atoms with E-state index >= 15 is 0 Å². The van der Waals surface area contributed by atoms with Crippen LogP contribution < -0.4 is 43.4 Å². The van der Waals surface area contributed by atoms with Crippen LogP contribution in [-0.2, 0) is 20.9 Å². The lowest BCUT2D eigenvalue weighted by molar-refractivity contribution is -0.122. The maximum atomic E-state index is 14.3. The van der Waals surface area contributed by atoms with Gasteiger partial charge in [0.25, 0.3) is 23.6 Å². The SMILES string of the molecule is CNC(=O)C[C@@H]1NC(=O)c2csc(n2)-c2ccc(-c3nc(C(=O)NCCCCN=C(N)N)cs3)nc2-c2csc(n2)-c2csc(n2)C(C(O)c2ccccc2)NC(=O)CNC(=O)c2nc(sc2COC)[C@H](C(C)C)NC(=O)c2nc1sc2C. The number of benzene rings is 1. The first-order valence-corrected chi connectivity index (χ1v) is 30.9. The van der Waals surface area contributed by atoms with E-state index in [9.17, 15) is 33.9 Å². The smallest absolute Gasteiger partial charge is 0.271 e. The molecule has 432 valence electrons. The van der Waals surface area contributed by atoms with Crippen molar-refractivity contribution in [2.45, 2.75) is 70.9 Å². The second-order valence-electron chi connectivity index (χ2n) is 18.9. The number of aliphatic hydroxyl groups excluding tert-OH is 1. The molecule has 1 aliphatic heterocycles. The van der Waals surface area contributed by atoms with Crippen molar-refractivity contribution in [3.05, 3.63) is 117 Å². The minimum Gasteiger partial charge on any atom is -0.386 e. The summed E-state index contributed by atoms with van der Waals surface area (Å²) in [6.45, 7) is 5.79. The molecule has 1 aliphatic rings. The highest BCUT2D eigenvalue weighted by Gasteiger charge is 2.33. The zero-order chi connectivity index (χ0) is 58.9. The Bertz CT molecular complexity index is 3700. The number of aliphatic hydroxyl groups is 1. The first kappa shape index (κ1) is 59.8. The number of carbonyl (C=O) groups excluding carboxylic acids is 6. The van der Waals surface area contributed by atoms with E-state index in [0.29, 0.717) is 99.6 Å². The van der Waals surface area contributed by atoms with Crippen LogP contribution in [0.5, 0.6) is 0 Å². The van der Waals surface area contributed by atoms with Gasteiger partial charge in [-0.2, -0.15) is 0 Å². The van der Waals surface area contributed by atoms with Crippen LogP contribution in [0.1, 0.15) is 130 Å². The number of guanidine groups is 1. The molecule has 11 N–H and O–H groups in total. The highest BCUT2D eigenvalue weighted by atomic mass is 32.1. The zero-order valence-corrected chi connectivity index (χ0v) is 50.1. The van der Waals surface area contributed by atoms with E-state index in [-0.39, 0.29) is 53.6 Å². The van der Waals surface area contributed by atoms with Crippen LogP contribution in [0.2, 0.25) is 0 Å². The topological polar surface area (TPSA) is 359 Å². The Morgan fingerprint density at radius 3 is 2.22 bits per heavy atom. The number of amides is 6. The number of thiazole rings is 6. The van der Waals surface area contributed by atoms with Gasteiger partial charge in [-0.1, -0.05) is 44.2 Å². The number of aromatic nitrogens is 7. The number of methoxy groups -OCH3 is 1. The van der Waals surface area contributed by atoms with Crippen LogP contribution in [0.15, 0.2) is 69.0 Å². The van der Waals surface area contributed by atoms with Gasteiger partial charge in [-0.15, -0.1) is 68.0 Å². The van der Waals surface area contributed by atoms with Crippen LogP contribution in [-0.4, -0.2) is 115 Å². The monoisotopic (exact) mass is 1240 g/mol. The van der Waals surface area contributed by atoms with Crippen LogP contribution in [0.25, 0.3) is 43.4 Å². The summed E-state index contributed by atoms with van der Waals surface area (Å²) >= 11 is 7.18. The standard InChI is InChI=1S/C53H56N16O8S6/c1-24(2)37-52-69-40(34(83-52)19-77-5)45(75)59-18-36(71)66-41(42(72)26-11-7-6-8-12-26)51-65-33(23-81-51)49-62-30(20-79-49)39-27(13-14-28(60-39)48-64-31(21-80-48)43(73)57-15-9-10-16-58-53(54)55)47-63-32(22-78-47)44(74)61-29(17-35(70)56-4)50-68-38(25(3)82-50)46(76)67-37/h6-8,11-14,20-24,29,37,41-42,72H,9-10,15-19H2,1-5H3,(H,56,70)(H,57,73)(H,59,75)(H,61,74)(H,66,71)(H,67,76)(H4,54,55,58)/t29-,37-,41?,42?/m0/s1. The number of ether oxygens (including phenoxy) is 1. The quantitative estimate of drug-likeness (QED) is 0.0337. The number of nitrogens with two attached hydrogens (primary N) is 2. The molecule has 6 amide bonds. The third kappa shape index (κ3) is 14.3. The minimum absolute atomic E-state index is 0.000198. The number of unbranched alkanes of at least 4 members (excludes halogenated alkanes) is 1. The predicted octanol–water partition coefficient (Wildman–Crippen LogP) is 6.10. The van der Waals surface area contributed by atoms with Gasteiger partial charge < -0.3 is 53.2 Å². The second kappa shape index (κ2) is 27.0. The van der Waals surface area contributed by atoms with E-state index in [2.05, 4.69) is 41.9 Å². The zero-order valence-electron chi connectivity index (χ0n) is 45.2. The lowest BCUT2D eigenvalue weighted by Gasteiger charge is -2.23. The summed E-state index contributed by atoms with van der Waals surface area (Å²) in [5.41, 5.74) is 13.8. The number of nitrogens with one attached hydrogen (secondary N) is 6. The van der Waals surface area contributed by atoms with Gasteiger partial charge in [-0.05, 0) is 43.4 Å². The van der Waals surface area contributed by atoms with E-state index in [0.717, 1.165) is 11.3 Å². The molecule has 24 nitrogen and oxygen atoms in total. The molecule has 9 rings (SSSR count). The number of aliphatic imine (C=N–C) groups is 1. The number of carbonyl (C=O) groups is 6. The molecule has 2 unspecified atom stereocenters. The summed E-state index contributed by atoms with van der Waals surface area (Å²) in [7, 11) is 2.94. The third-order valence-electron chi connectivity index (χ3n) is 12.6. The molecule has 1 aromatic carbocycles. The molecule has 0 fully saturated rings. The van der Waals surface area contributed by atoms with Crippen molar-refractivity contribution in [1.82, 2.24) is 66.8 Å². The third-order valence-corrected chi connectivity index (χ3v) is 18.4. The fourth-order valence-electron chi connectivity index (χ4n) is 8.43. The molecule has 83 heavy (non-hydrogen) atoms. The van der Waals surface area contributed by atoms with Gasteiger partial charge in [-0.3, -0.25) is 33.8 Å². The molecular formula is C53H56N16O8S6. The van der Waals surface area contributed by atoms with Crippen molar-refractivity contribution in [3.8, 4) is 43.4 Å². The lowest BCUT2D eigenvalue weighted by Crippen LogP contribution is -2.40. The van der Waals surface area contributed by atoms with Gasteiger partial charge in [0.15, 0.2) is 5.96 Å². The molecule has 0 saturated carbocycles. The Balaban J connectivity index is 1.10. The van der Waals surface area contributed by atoms with E-state index in [4.69, 9.17) is 46.1 Å². The number of aryl methyl sites for hydroxylation is 1. The van der Waals surface area contributed by atoms with Crippen molar-refractivity contribution in [2.24, 2.45) is 22.4 Å². The number of fused-ring (bicyclic) bond motifs is 14. The summed E-state index contributed by atoms with van der Waals surface area (Å²) in [5.74, 6) is -3.48. The molecule has 0 radical (unpaired) electrons. The molecular weight excluding hydrogens is 1180 g/mol. The minimum atomic E-state index is -1.27. The molecule has 10 bridgehead atoms. The molecule has 30 heteroatoms. The van der Waals surface area contributed by atoms with Gasteiger partial charge in [-0.25, -0.2) is 34.9 Å². The fraction of sp³-hybridized carbons (Fsp3) is 0.321. The number of hydrogen-bond acceptors (Lipinski definition) is 22. The van der Waals surface area contributed by atoms with E-state index < -0.39 is 60.3 Å². The average molecular weight is 1240 g/mol.